The van der Waals surface area contributed by atoms with E-state index in [0.29, 0.717) is 17.7 Å². The van der Waals surface area contributed by atoms with Crippen LogP contribution in [0.2, 0.25) is 0 Å². The molecule has 2 atom stereocenters. The number of nitrogens with zero attached hydrogens (tertiary/aromatic N) is 2. The standard InChI is InChI=1S/C28H31N3O2/c1-20-8-10-23(11-9-20)25-19-26(25)30-28(32)31-15-12-21(13-16-31)17-22-5-4-6-24(18-22)33-27-7-2-3-14-29-27/h2-11,14,18,21,25-26H,12-13,15-17,19H2,1H3,(H,30,32). The van der Waals surface area contributed by atoms with E-state index in [2.05, 4.69) is 53.6 Å². The molecular formula is C28H31N3O2. The van der Waals surface area contributed by atoms with Gasteiger partial charge < -0.3 is 15.0 Å². The summed E-state index contributed by atoms with van der Waals surface area (Å²) in [5, 5.41) is 3.25. The van der Waals surface area contributed by atoms with Gasteiger partial charge >= 0.3 is 6.03 Å². The van der Waals surface area contributed by atoms with E-state index in [4.69, 9.17) is 4.74 Å². The molecule has 5 rings (SSSR count). The lowest BCUT2D eigenvalue weighted by atomic mass is 9.90. The summed E-state index contributed by atoms with van der Waals surface area (Å²) in [5.74, 6) is 2.47. The van der Waals surface area contributed by atoms with Crippen LogP contribution in [0.5, 0.6) is 11.6 Å². The molecule has 1 N–H and O–H groups in total. The Morgan fingerprint density at radius 1 is 1.06 bits per heavy atom. The SMILES string of the molecule is Cc1ccc(C2CC2NC(=O)N2CCC(Cc3cccc(Oc4ccccn4)c3)CC2)cc1. The van der Waals surface area contributed by atoms with Gasteiger partial charge in [0.15, 0.2) is 0 Å². The van der Waals surface area contributed by atoms with Crippen molar-refractivity contribution in [1.82, 2.24) is 15.2 Å². The van der Waals surface area contributed by atoms with Gasteiger partial charge in [0.25, 0.3) is 0 Å². The van der Waals surface area contributed by atoms with Gasteiger partial charge in [-0.3, -0.25) is 0 Å². The third-order valence-corrected chi connectivity index (χ3v) is 6.79. The zero-order valence-corrected chi connectivity index (χ0v) is 19.1. The summed E-state index contributed by atoms with van der Waals surface area (Å²) in [5.41, 5.74) is 3.87. The summed E-state index contributed by atoms with van der Waals surface area (Å²) in [7, 11) is 0. The molecule has 2 amide bonds. The highest BCUT2D eigenvalue weighted by Gasteiger charge is 2.40. The lowest BCUT2D eigenvalue weighted by molar-refractivity contribution is 0.170. The highest BCUT2D eigenvalue weighted by molar-refractivity contribution is 5.75. The number of hydrogen-bond acceptors (Lipinski definition) is 3. The Kier molecular flexibility index (Phi) is 6.29. The number of benzene rings is 2. The van der Waals surface area contributed by atoms with Crippen LogP contribution >= 0.6 is 0 Å². The van der Waals surface area contributed by atoms with Gasteiger partial charge in [0.05, 0.1) is 0 Å². The zero-order chi connectivity index (χ0) is 22.6. The Morgan fingerprint density at radius 2 is 1.88 bits per heavy atom. The average Bonchev–Trinajstić information content (AvgIpc) is 3.60. The van der Waals surface area contributed by atoms with E-state index in [1.807, 2.05) is 35.2 Å². The van der Waals surface area contributed by atoms with E-state index in [1.54, 1.807) is 6.20 Å². The molecule has 3 aromatic rings. The Hall–Kier alpha value is -3.34. The fraction of sp³-hybridized carbons (Fsp3) is 0.357. The van der Waals surface area contributed by atoms with Crippen molar-refractivity contribution in [3.05, 3.63) is 89.6 Å². The summed E-state index contributed by atoms with van der Waals surface area (Å²) in [6, 6.07) is 23.0. The van der Waals surface area contributed by atoms with E-state index in [-0.39, 0.29) is 12.1 Å². The van der Waals surface area contributed by atoms with Crippen molar-refractivity contribution in [2.45, 2.75) is 44.6 Å². The van der Waals surface area contributed by atoms with Gasteiger partial charge in [-0.2, -0.15) is 0 Å². The van der Waals surface area contributed by atoms with Crippen LogP contribution in [0.3, 0.4) is 0 Å². The Bertz CT molecular complexity index is 1080. The van der Waals surface area contributed by atoms with Crippen LogP contribution in [-0.2, 0) is 6.42 Å². The molecule has 1 aliphatic heterocycles. The Labute approximate surface area is 195 Å². The lowest BCUT2D eigenvalue weighted by Gasteiger charge is -2.32. The second-order valence-corrected chi connectivity index (χ2v) is 9.36. The van der Waals surface area contributed by atoms with Gasteiger partial charge in [0.1, 0.15) is 5.75 Å². The number of carbonyl (C=O) groups is 1. The lowest BCUT2D eigenvalue weighted by Crippen LogP contribution is -2.45. The molecule has 1 aliphatic carbocycles. The van der Waals surface area contributed by atoms with Crippen molar-refractivity contribution in [2.24, 2.45) is 5.92 Å². The number of piperidine rings is 1. The van der Waals surface area contributed by atoms with Crippen LogP contribution in [0.15, 0.2) is 72.9 Å². The first-order chi connectivity index (χ1) is 16.1. The fourth-order valence-electron chi connectivity index (χ4n) is 4.72. The molecule has 2 aliphatic rings. The quantitative estimate of drug-likeness (QED) is 0.534. The third-order valence-electron chi connectivity index (χ3n) is 6.79. The number of nitrogens with one attached hydrogen (secondary N) is 1. The van der Waals surface area contributed by atoms with Gasteiger partial charge in [-0.1, -0.05) is 48.0 Å². The third kappa shape index (κ3) is 5.54. The molecular weight excluding hydrogens is 410 g/mol. The molecule has 2 fully saturated rings. The molecule has 1 saturated heterocycles. The molecule has 0 radical (unpaired) electrons. The molecule has 1 aromatic heterocycles. The van der Waals surface area contributed by atoms with Crippen LogP contribution in [0.25, 0.3) is 0 Å². The van der Waals surface area contributed by atoms with Gasteiger partial charge in [-0.05, 0) is 67.9 Å². The minimum Gasteiger partial charge on any atom is -0.439 e. The Balaban J connectivity index is 1.08. The molecule has 5 heteroatoms. The van der Waals surface area contributed by atoms with Crippen LogP contribution < -0.4 is 10.1 Å². The number of ether oxygens (including phenoxy) is 1. The van der Waals surface area contributed by atoms with Crippen molar-refractivity contribution in [3.63, 3.8) is 0 Å². The summed E-state index contributed by atoms with van der Waals surface area (Å²) in [6.07, 6.45) is 5.85. The van der Waals surface area contributed by atoms with E-state index in [0.717, 1.165) is 44.5 Å². The van der Waals surface area contributed by atoms with Gasteiger partial charge in [-0.15, -0.1) is 0 Å². The first-order valence-electron chi connectivity index (χ1n) is 11.9. The second kappa shape index (κ2) is 9.65. The normalized spacial score (nSPS) is 20.3. The van der Waals surface area contributed by atoms with Crippen molar-refractivity contribution in [2.75, 3.05) is 13.1 Å². The molecule has 1 saturated carbocycles. The molecule has 170 valence electrons. The van der Waals surface area contributed by atoms with Gasteiger partial charge in [0.2, 0.25) is 5.88 Å². The van der Waals surface area contributed by atoms with Crippen LogP contribution in [0, 0.1) is 12.8 Å². The maximum atomic E-state index is 12.8. The number of hydrogen-bond donors (Lipinski definition) is 1. The largest absolute Gasteiger partial charge is 0.439 e. The monoisotopic (exact) mass is 441 g/mol. The first kappa shape index (κ1) is 21.5. The fourth-order valence-corrected chi connectivity index (χ4v) is 4.72. The summed E-state index contributed by atoms with van der Waals surface area (Å²) in [4.78, 5) is 19.0. The van der Waals surface area contributed by atoms with Crippen molar-refractivity contribution in [3.8, 4) is 11.6 Å². The number of rotatable bonds is 6. The topological polar surface area (TPSA) is 54.5 Å². The molecule has 5 nitrogen and oxygen atoms in total. The summed E-state index contributed by atoms with van der Waals surface area (Å²) >= 11 is 0. The first-order valence-corrected chi connectivity index (χ1v) is 11.9. The van der Waals surface area contributed by atoms with E-state index < -0.39 is 0 Å². The summed E-state index contributed by atoms with van der Waals surface area (Å²) < 4.78 is 5.87. The van der Waals surface area contributed by atoms with E-state index >= 15 is 0 Å². The number of aryl methyl sites for hydroxylation is 1. The molecule has 2 aromatic carbocycles. The average molecular weight is 442 g/mol. The second-order valence-electron chi connectivity index (χ2n) is 9.36. The van der Waals surface area contributed by atoms with Crippen LogP contribution in [0.4, 0.5) is 4.79 Å². The number of likely N-dealkylation sites (tertiary alicyclic amines) is 1. The van der Waals surface area contributed by atoms with Crippen molar-refractivity contribution >= 4 is 6.03 Å². The highest BCUT2D eigenvalue weighted by atomic mass is 16.5. The number of urea groups is 1. The number of pyridine rings is 1. The van der Waals surface area contributed by atoms with Crippen molar-refractivity contribution < 1.29 is 9.53 Å². The predicted octanol–water partition coefficient (Wildman–Crippen LogP) is 5.70. The van der Waals surface area contributed by atoms with Crippen LogP contribution in [-0.4, -0.2) is 35.0 Å². The maximum absolute atomic E-state index is 12.8. The van der Waals surface area contributed by atoms with Gasteiger partial charge in [-0.25, -0.2) is 9.78 Å². The highest BCUT2D eigenvalue weighted by Crippen LogP contribution is 2.41. The van der Waals surface area contributed by atoms with Gasteiger partial charge in [0, 0.05) is 37.3 Å². The maximum Gasteiger partial charge on any atom is 0.317 e. The van der Waals surface area contributed by atoms with Crippen molar-refractivity contribution in [1.29, 1.82) is 0 Å². The molecule has 0 bridgehead atoms. The number of amides is 2. The smallest absolute Gasteiger partial charge is 0.317 e. The molecule has 2 heterocycles. The molecule has 0 spiro atoms. The zero-order valence-electron chi connectivity index (χ0n) is 19.1. The number of carbonyl (C=O) groups excluding carboxylic acids is 1. The number of aromatic nitrogens is 1. The summed E-state index contributed by atoms with van der Waals surface area (Å²) in [6.45, 7) is 3.75. The molecule has 33 heavy (non-hydrogen) atoms. The van der Waals surface area contributed by atoms with Crippen LogP contribution in [0.1, 0.15) is 41.9 Å². The molecule has 2 unspecified atom stereocenters. The Morgan fingerprint density at radius 3 is 2.64 bits per heavy atom. The van der Waals surface area contributed by atoms with E-state index in [9.17, 15) is 4.79 Å². The predicted molar refractivity (Wildman–Crippen MR) is 130 cm³/mol. The van der Waals surface area contributed by atoms with E-state index in [1.165, 1.54) is 16.7 Å². The minimum absolute atomic E-state index is 0.0961. The minimum atomic E-state index is 0.0961.